The fourth-order valence-corrected chi connectivity index (χ4v) is 2.17. The van der Waals surface area contributed by atoms with E-state index in [0.717, 1.165) is 19.6 Å². The molecule has 0 bridgehead atoms. The van der Waals surface area contributed by atoms with Crippen LogP contribution in [0.4, 0.5) is 4.79 Å². The predicted octanol–water partition coefficient (Wildman–Crippen LogP) is 2.58. The van der Waals surface area contributed by atoms with Crippen molar-refractivity contribution < 1.29 is 9.53 Å². The molecule has 0 unspecified atom stereocenters. The maximum Gasteiger partial charge on any atom is 0.410 e. The van der Waals surface area contributed by atoms with Gasteiger partial charge in [-0.3, -0.25) is 4.90 Å². The molecule has 0 N–H and O–H groups in total. The lowest BCUT2D eigenvalue weighted by atomic mass is 10.2. The topological polar surface area (TPSA) is 32.8 Å². The zero-order valence-corrected chi connectivity index (χ0v) is 14.0. The van der Waals surface area contributed by atoms with Gasteiger partial charge in [0.2, 0.25) is 0 Å². The molecule has 0 aromatic heterocycles. The Balaban J connectivity index is 2.33. The van der Waals surface area contributed by atoms with Crippen LogP contribution in [0.3, 0.4) is 0 Å². The van der Waals surface area contributed by atoms with Gasteiger partial charge in [-0.25, -0.2) is 4.79 Å². The fourth-order valence-electron chi connectivity index (χ4n) is 1.59. The maximum atomic E-state index is 11.8. The highest BCUT2D eigenvalue weighted by Gasteiger charge is 2.25. The maximum absolute atomic E-state index is 11.8. The van der Waals surface area contributed by atoms with Crippen molar-refractivity contribution in [1.29, 1.82) is 0 Å². The molecule has 0 saturated carbocycles. The van der Waals surface area contributed by atoms with Gasteiger partial charge in [0.1, 0.15) is 5.60 Å². The third kappa shape index (κ3) is 6.16. The first-order valence-electron chi connectivity index (χ1n) is 5.88. The lowest BCUT2D eigenvalue weighted by Gasteiger charge is -2.34. The third-order valence-corrected chi connectivity index (χ3v) is 3.32. The summed E-state index contributed by atoms with van der Waals surface area (Å²) in [5, 5.41) is 2.97. The van der Waals surface area contributed by atoms with Gasteiger partial charge in [-0.05, 0) is 35.0 Å². The summed E-state index contributed by atoms with van der Waals surface area (Å²) >= 11 is 2.16. The van der Waals surface area contributed by atoms with Crippen LogP contribution in [0.5, 0.6) is 0 Å². The van der Waals surface area contributed by atoms with Crippen LogP contribution in [0.2, 0.25) is 0 Å². The second kappa shape index (κ2) is 7.46. The molecule has 1 heterocycles. The number of amides is 1. The van der Waals surface area contributed by atoms with Crippen LogP contribution in [0.1, 0.15) is 20.8 Å². The molecule has 1 rings (SSSR count). The van der Waals surface area contributed by atoms with Crippen molar-refractivity contribution in [1.82, 2.24) is 9.80 Å². The molecule has 0 aliphatic carbocycles. The number of nitrogens with zero attached hydrogens (tertiary/aromatic N) is 2. The van der Waals surface area contributed by atoms with E-state index in [2.05, 4.69) is 37.3 Å². The van der Waals surface area contributed by atoms with E-state index >= 15 is 0 Å². The SMILES string of the molecule is CC(C)(C)OC(=O)N1CCN(CC#CSI)CC1. The van der Waals surface area contributed by atoms with Gasteiger partial charge in [0.25, 0.3) is 0 Å². The second-order valence-electron chi connectivity index (χ2n) is 5.10. The first-order valence-corrected chi connectivity index (χ1v) is 9.24. The van der Waals surface area contributed by atoms with Gasteiger partial charge in [-0.15, -0.1) is 0 Å². The number of ether oxygens (including phenoxy) is 1. The Labute approximate surface area is 125 Å². The van der Waals surface area contributed by atoms with Crippen LogP contribution in [-0.4, -0.2) is 54.2 Å². The lowest BCUT2D eigenvalue weighted by Crippen LogP contribution is -2.49. The van der Waals surface area contributed by atoms with E-state index in [4.69, 9.17) is 4.74 Å². The molecule has 6 heteroatoms. The molecule has 0 atom stereocenters. The van der Waals surface area contributed by atoms with Crippen LogP contribution < -0.4 is 0 Å². The van der Waals surface area contributed by atoms with Crippen LogP contribution in [0.25, 0.3) is 0 Å². The molecule has 1 amide bonds. The van der Waals surface area contributed by atoms with Crippen molar-refractivity contribution in [2.24, 2.45) is 0 Å². The van der Waals surface area contributed by atoms with Crippen molar-refractivity contribution in [2.45, 2.75) is 26.4 Å². The summed E-state index contributed by atoms with van der Waals surface area (Å²) in [7, 11) is 1.50. The van der Waals surface area contributed by atoms with Gasteiger partial charge in [0.15, 0.2) is 0 Å². The van der Waals surface area contributed by atoms with Crippen molar-refractivity contribution >= 4 is 36.2 Å². The zero-order chi connectivity index (χ0) is 13.6. The molecule has 0 aromatic carbocycles. The van der Waals surface area contributed by atoms with Gasteiger partial charge in [0, 0.05) is 47.4 Å². The van der Waals surface area contributed by atoms with E-state index < -0.39 is 5.60 Å². The number of piperazine rings is 1. The van der Waals surface area contributed by atoms with E-state index in [-0.39, 0.29) is 6.09 Å². The van der Waals surface area contributed by atoms with E-state index in [0.29, 0.717) is 13.1 Å². The number of carbonyl (C=O) groups excluding carboxylic acids is 1. The Bertz CT molecular complexity index is 338. The van der Waals surface area contributed by atoms with Crippen LogP contribution in [0, 0.1) is 11.2 Å². The minimum absolute atomic E-state index is 0.212. The normalized spacial score (nSPS) is 17.0. The number of carbonyl (C=O) groups is 1. The predicted molar refractivity (Wildman–Crippen MR) is 83.6 cm³/mol. The van der Waals surface area contributed by atoms with E-state index in [1.165, 1.54) is 8.93 Å². The molecular weight excluding hydrogens is 363 g/mol. The summed E-state index contributed by atoms with van der Waals surface area (Å²) in [4.78, 5) is 15.9. The molecular formula is C12H19IN2O2S. The zero-order valence-electron chi connectivity index (χ0n) is 11.0. The van der Waals surface area contributed by atoms with Gasteiger partial charge in [-0.2, -0.15) is 0 Å². The number of hydrogen-bond acceptors (Lipinski definition) is 4. The standard InChI is InChI=1S/C12H19IN2O2S/c1-12(2,3)17-11(16)15-8-6-14(7-9-15)5-4-10-18-13/h5-9H2,1-3H3. The molecule has 0 radical (unpaired) electrons. The summed E-state index contributed by atoms with van der Waals surface area (Å²) < 4.78 is 5.35. The lowest BCUT2D eigenvalue weighted by molar-refractivity contribution is 0.0155. The van der Waals surface area contributed by atoms with Gasteiger partial charge < -0.3 is 9.64 Å². The smallest absolute Gasteiger partial charge is 0.410 e. The Morgan fingerprint density at radius 1 is 1.33 bits per heavy atom. The molecule has 1 saturated heterocycles. The largest absolute Gasteiger partial charge is 0.444 e. The number of hydrogen-bond donors (Lipinski definition) is 0. The van der Waals surface area contributed by atoms with Crippen molar-refractivity contribution in [3.63, 3.8) is 0 Å². The molecule has 0 spiro atoms. The van der Waals surface area contributed by atoms with Crippen LogP contribution in [-0.2, 0) is 4.74 Å². The highest BCUT2D eigenvalue weighted by atomic mass is 127. The molecule has 1 aliphatic rings. The van der Waals surface area contributed by atoms with E-state index in [1.807, 2.05) is 20.8 Å². The highest BCUT2D eigenvalue weighted by Crippen LogP contribution is 2.11. The van der Waals surface area contributed by atoms with Crippen molar-refractivity contribution in [3.8, 4) is 11.2 Å². The monoisotopic (exact) mass is 382 g/mol. The van der Waals surface area contributed by atoms with Crippen LogP contribution in [0.15, 0.2) is 0 Å². The first kappa shape index (κ1) is 15.9. The van der Waals surface area contributed by atoms with Crippen molar-refractivity contribution in [3.05, 3.63) is 0 Å². The molecule has 1 fully saturated rings. The van der Waals surface area contributed by atoms with Gasteiger partial charge in [-0.1, -0.05) is 5.92 Å². The average Bonchev–Trinajstić information content (AvgIpc) is 2.28. The van der Waals surface area contributed by atoms with E-state index in [9.17, 15) is 4.79 Å². The minimum Gasteiger partial charge on any atom is -0.444 e. The summed E-state index contributed by atoms with van der Waals surface area (Å²) in [6.07, 6.45) is -0.212. The molecule has 18 heavy (non-hydrogen) atoms. The number of rotatable bonds is 1. The fraction of sp³-hybridized carbons (Fsp3) is 0.750. The Hall–Kier alpha value is -0.130. The molecule has 0 aromatic rings. The second-order valence-corrected chi connectivity index (χ2v) is 6.78. The quantitative estimate of drug-likeness (QED) is 0.516. The van der Waals surface area contributed by atoms with Crippen molar-refractivity contribution in [2.75, 3.05) is 32.7 Å². The average molecular weight is 382 g/mol. The molecule has 102 valence electrons. The Kier molecular flexibility index (Phi) is 6.60. The van der Waals surface area contributed by atoms with Gasteiger partial charge >= 0.3 is 6.09 Å². The number of halogens is 1. The molecule has 1 aliphatic heterocycles. The Morgan fingerprint density at radius 2 is 1.94 bits per heavy atom. The molecule has 4 nitrogen and oxygen atoms in total. The van der Waals surface area contributed by atoms with E-state index in [1.54, 1.807) is 4.90 Å². The minimum atomic E-state index is -0.419. The van der Waals surface area contributed by atoms with Gasteiger partial charge in [0.05, 0.1) is 6.54 Å². The Morgan fingerprint density at radius 3 is 2.44 bits per heavy atom. The summed E-state index contributed by atoms with van der Waals surface area (Å²) in [6, 6.07) is 0. The van der Waals surface area contributed by atoms with Crippen LogP contribution >= 0.6 is 30.1 Å². The summed E-state index contributed by atoms with van der Waals surface area (Å²) in [5.41, 5.74) is -0.419. The summed E-state index contributed by atoms with van der Waals surface area (Å²) in [5.74, 6) is 3.08. The summed E-state index contributed by atoms with van der Waals surface area (Å²) in [6.45, 7) is 9.59. The highest BCUT2D eigenvalue weighted by molar-refractivity contribution is 14.2. The third-order valence-electron chi connectivity index (χ3n) is 2.44. The first-order chi connectivity index (χ1) is 8.42.